The average molecular weight is 425 g/mol. The summed E-state index contributed by atoms with van der Waals surface area (Å²) < 4.78 is 10.8. The van der Waals surface area contributed by atoms with Crippen LogP contribution in [0, 0.1) is 0 Å². The van der Waals surface area contributed by atoms with Crippen LogP contribution in [0.1, 0.15) is 23.2 Å². The van der Waals surface area contributed by atoms with Crippen molar-refractivity contribution in [3.63, 3.8) is 0 Å². The maximum Gasteiger partial charge on any atom is 0.339 e. The van der Waals surface area contributed by atoms with Gasteiger partial charge in [-0.3, -0.25) is 4.79 Å². The van der Waals surface area contributed by atoms with Crippen LogP contribution < -0.4 is 5.32 Å². The lowest BCUT2D eigenvalue weighted by Gasteiger charge is -2.12. The van der Waals surface area contributed by atoms with Crippen LogP contribution >= 0.6 is 11.6 Å². The quantitative estimate of drug-likeness (QED) is 0.605. The van der Waals surface area contributed by atoms with Crippen LogP contribution in [0.3, 0.4) is 0 Å². The summed E-state index contributed by atoms with van der Waals surface area (Å²) in [7, 11) is 0. The van der Waals surface area contributed by atoms with Crippen molar-refractivity contribution in [3.05, 3.63) is 65.2 Å². The van der Waals surface area contributed by atoms with Crippen LogP contribution in [-0.4, -0.2) is 42.7 Å². The maximum atomic E-state index is 12.8. The second-order valence-electron chi connectivity index (χ2n) is 7.07. The van der Waals surface area contributed by atoms with Gasteiger partial charge in [0.2, 0.25) is 0 Å². The van der Waals surface area contributed by atoms with Gasteiger partial charge in [0.1, 0.15) is 0 Å². The number of hydrogen-bond donors (Lipinski definition) is 1. The summed E-state index contributed by atoms with van der Waals surface area (Å²) in [6, 6.07) is 16.2. The van der Waals surface area contributed by atoms with Gasteiger partial charge in [0.15, 0.2) is 6.61 Å². The van der Waals surface area contributed by atoms with E-state index in [0.29, 0.717) is 39.3 Å². The Morgan fingerprint density at radius 2 is 1.97 bits per heavy atom. The molecule has 2 heterocycles. The molecule has 4 rings (SSSR count). The smallest absolute Gasteiger partial charge is 0.339 e. The molecular weight excluding hydrogens is 404 g/mol. The fraction of sp³-hybridized carbons (Fsp3) is 0.261. The number of ether oxygens (including phenoxy) is 2. The average Bonchev–Trinajstić information content (AvgIpc) is 3.29. The van der Waals surface area contributed by atoms with Crippen molar-refractivity contribution in [2.75, 3.05) is 19.8 Å². The molecule has 1 unspecified atom stereocenters. The number of carbonyl (C=O) groups excluding carboxylic acids is 2. The van der Waals surface area contributed by atoms with E-state index in [1.54, 1.807) is 18.2 Å². The Morgan fingerprint density at radius 1 is 1.17 bits per heavy atom. The molecule has 0 spiro atoms. The number of nitrogens with zero attached hydrogens (tertiary/aromatic N) is 1. The molecule has 1 atom stereocenters. The molecule has 1 fully saturated rings. The normalized spacial score (nSPS) is 15.8. The van der Waals surface area contributed by atoms with Gasteiger partial charge < -0.3 is 14.8 Å². The fourth-order valence-electron chi connectivity index (χ4n) is 3.44. The van der Waals surface area contributed by atoms with E-state index < -0.39 is 5.97 Å². The first-order valence-electron chi connectivity index (χ1n) is 9.82. The first kappa shape index (κ1) is 20.3. The molecule has 0 bridgehead atoms. The van der Waals surface area contributed by atoms with Gasteiger partial charge in [-0.05, 0) is 31.0 Å². The zero-order valence-corrected chi connectivity index (χ0v) is 17.0. The maximum absolute atomic E-state index is 12.8. The van der Waals surface area contributed by atoms with Crippen LogP contribution in [0.4, 0.5) is 0 Å². The zero-order valence-electron chi connectivity index (χ0n) is 16.3. The Labute approximate surface area is 179 Å². The number of hydrogen-bond acceptors (Lipinski definition) is 5. The molecule has 1 amide bonds. The molecule has 0 aliphatic carbocycles. The number of carbonyl (C=O) groups is 2. The summed E-state index contributed by atoms with van der Waals surface area (Å²) >= 11 is 6.31. The standard InChI is InChI=1S/C23H21ClN2O4/c24-19-9-3-1-8-17(19)21-12-18(16-7-2-4-10-20(16)26-21)23(28)30-14-22(27)25-13-15-6-5-11-29-15/h1-4,7-10,12,15H,5-6,11,13-14H2,(H,25,27). The highest BCUT2D eigenvalue weighted by Crippen LogP contribution is 2.30. The molecule has 1 aliphatic rings. The van der Waals surface area contributed by atoms with E-state index in [4.69, 9.17) is 21.1 Å². The molecule has 154 valence electrons. The molecule has 0 radical (unpaired) electrons. The van der Waals surface area contributed by atoms with Crippen molar-refractivity contribution in [3.8, 4) is 11.3 Å². The van der Waals surface area contributed by atoms with E-state index in [2.05, 4.69) is 10.3 Å². The highest BCUT2D eigenvalue weighted by molar-refractivity contribution is 6.33. The van der Waals surface area contributed by atoms with Gasteiger partial charge in [0.25, 0.3) is 5.91 Å². The summed E-state index contributed by atoms with van der Waals surface area (Å²) in [6.45, 7) is 0.785. The number of halogens is 1. The van der Waals surface area contributed by atoms with Gasteiger partial charge in [-0.2, -0.15) is 0 Å². The monoisotopic (exact) mass is 424 g/mol. The molecule has 1 saturated heterocycles. The summed E-state index contributed by atoms with van der Waals surface area (Å²) in [4.78, 5) is 29.5. The minimum absolute atomic E-state index is 0.0342. The predicted octanol–water partition coefficient (Wildman–Crippen LogP) is 4.01. The van der Waals surface area contributed by atoms with Crippen molar-refractivity contribution in [1.29, 1.82) is 0 Å². The van der Waals surface area contributed by atoms with Crippen LogP contribution in [0.25, 0.3) is 22.2 Å². The Hall–Kier alpha value is -2.96. The first-order valence-corrected chi connectivity index (χ1v) is 10.2. The predicted molar refractivity (Wildman–Crippen MR) is 114 cm³/mol. The Bertz CT molecular complexity index is 1080. The number of pyridine rings is 1. The highest BCUT2D eigenvalue weighted by atomic mass is 35.5. The van der Waals surface area contributed by atoms with E-state index in [9.17, 15) is 9.59 Å². The molecule has 2 aromatic carbocycles. The van der Waals surface area contributed by atoms with E-state index >= 15 is 0 Å². The lowest BCUT2D eigenvalue weighted by atomic mass is 10.0. The molecule has 1 N–H and O–H groups in total. The molecule has 7 heteroatoms. The lowest BCUT2D eigenvalue weighted by molar-refractivity contribution is -0.124. The Kier molecular flexibility index (Phi) is 6.26. The van der Waals surface area contributed by atoms with Gasteiger partial charge >= 0.3 is 5.97 Å². The third-order valence-electron chi connectivity index (χ3n) is 4.97. The number of para-hydroxylation sites is 1. The molecule has 6 nitrogen and oxygen atoms in total. The van der Waals surface area contributed by atoms with Gasteiger partial charge in [-0.1, -0.05) is 48.0 Å². The summed E-state index contributed by atoms with van der Waals surface area (Å²) in [6.07, 6.45) is 1.96. The topological polar surface area (TPSA) is 77.5 Å². The first-order chi connectivity index (χ1) is 14.6. The minimum atomic E-state index is -0.589. The summed E-state index contributed by atoms with van der Waals surface area (Å²) in [5.41, 5.74) is 2.26. The van der Waals surface area contributed by atoms with Gasteiger partial charge in [-0.15, -0.1) is 0 Å². The van der Waals surface area contributed by atoms with Crippen molar-refractivity contribution in [2.24, 2.45) is 0 Å². The number of nitrogens with one attached hydrogen (secondary N) is 1. The second-order valence-corrected chi connectivity index (χ2v) is 7.47. The molecule has 1 aromatic heterocycles. The molecule has 30 heavy (non-hydrogen) atoms. The number of esters is 1. The van der Waals surface area contributed by atoms with E-state index in [0.717, 1.165) is 19.4 Å². The summed E-state index contributed by atoms with van der Waals surface area (Å²) in [5.74, 6) is -0.947. The van der Waals surface area contributed by atoms with Gasteiger partial charge in [0.05, 0.1) is 22.9 Å². The fourth-order valence-corrected chi connectivity index (χ4v) is 3.68. The SMILES string of the molecule is O=C(COC(=O)c1cc(-c2ccccc2Cl)nc2ccccc12)NCC1CCCO1. The van der Waals surface area contributed by atoms with E-state index in [1.807, 2.05) is 36.4 Å². The van der Waals surface area contributed by atoms with Crippen molar-refractivity contribution in [2.45, 2.75) is 18.9 Å². The Balaban J connectivity index is 1.52. The van der Waals surface area contributed by atoms with Crippen LogP contribution in [0.15, 0.2) is 54.6 Å². The zero-order chi connectivity index (χ0) is 20.9. The third kappa shape index (κ3) is 4.61. The molecular formula is C23H21ClN2O4. The lowest BCUT2D eigenvalue weighted by Crippen LogP contribution is -2.34. The van der Waals surface area contributed by atoms with Gasteiger partial charge in [-0.25, -0.2) is 9.78 Å². The molecule has 1 aliphatic heterocycles. The van der Waals surface area contributed by atoms with Gasteiger partial charge in [0, 0.05) is 29.1 Å². The molecule has 0 saturated carbocycles. The number of amides is 1. The second kappa shape index (κ2) is 9.24. The summed E-state index contributed by atoms with van der Waals surface area (Å²) in [5, 5.41) is 3.93. The highest BCUT2D eigenvalue weighted by Gasteiger charge is 2.19. The van der Waals surface area contributed by atoms with Crippen LogP contribution in [-0.2, 0) is 14.3 Å². The molecule has 3 aromatic rings. The van der Waals surface area contributed by atoms with E-state index in [-0.39, 0.29) is 18.6 Å². The van der Waals surface area contributed by atoms with E-state index in [1.165, 1.54) is 0 Å². The Morgan fingerprint density at radius 3 is 2.77 bits per heavy atom. The number of rotatable bonds is 6. The van der Waals surface area contributed by atoms with Crippen LogP contribution in [0.2, 0.25) is 5.02 Å². The third-order valence-corrected chi connectivity index (χ3v) is 5.30. The van der Waals surface area contributed by atoms with Crippen molar-refractivity contribution in [1.82, 2.24) is 10.3 Å². The number of aromatic nitrogens is 1. The number of fused-ring (bicyclic) bond motifs is 1. The number of benzene rings is 2. The van der Waals surface area contributed by atoms with Crippen LogP contribution in [0.5, 0.6) is 0 Å². The van der Waals surface area contributed by atoms with Crippen molar-refractivity contribution >= 4 is 34.4 Å². The van der Waals surface area contributed by atoms with Crippen molar-refractivity contribution < 1.29 is 19.1 Å². The largest absolute Gasteiger partial charge is 0.452 e. The minimum Gasteiger partial charge on any atom is -0.452 e.